The minimum absolute atomic E-state index is 0.136. The molecule has 1 aromatic heterocycles. The number of likely N-dealkylation sites (N-methyl/N-ethyl adjacent to an activating group) is 1. The van der Waals surface area contributed by atoms with E-state index < -0.39 is 0 Å². The fraction of sp³-hybridized carbons (Fsp3) is 0.444. The summed E-state index contributed by atoms with van der Waals surface area (Å²) in [6.07, 6.45) is 4.68. The van der Waals surface area contributed by atoms with Crippen LogP contribution in [0.25, 0.3) is 0 Å². The lowest BCUT2D eigenvalue weighted by molar-refractivity contribution is -0.132. The molecule has 5 nitrogen and oxygen atoms in total. The molecule has 1 saturated heterocycles. The zero-order chi connectivity index (χ0) is 16.4. The number of nitrogens with zero attached hydrogens (tertiary/aromatic N) is 3. The highest BCUT2D eigenvalue weighted by atomic mass is 16.2. The molecule has 0 radical (unpaired) electrons. The Balaban J connectivity index is 1.73. The number of likely N-dealkylation sites (tertiary alicyclic amines) is 1. The average Bonchev–Trinajstić information content (AvgIpc) is 3.18. The zero-order valence-corrected chi connectivity index (χ0v) is 14.0. The van der Waals surface area contributed by atoms with Crippen molar-refractivity contribution in [1.82, 2.24) is 20.0 Å². The maximum absolute atomic E-state index is 12.9. The minimum atomic E-state index is -0.320. The van der Waals surface area contributed by atoms with Crippen molar-refractivity contribution in [2.24, 2.45) is 7.05 Å². The maximum atomic E-state index is 12.9. The van der Waals surface area contributed by atoms with E-state index in [4.69, 9.17) is 0 Å². The van der Waals surface area contributed by atoms with Crippen molar-refractivity contribution in [3.63, 3.8) is 0 Å². The second-order valence-electron chi connectivity index (χ2n) is 6.30. The molecule has 0 saturated carbocycles. The van der Waals surface area contributed by atoms with Gasteiger partial charge in [-0.1, -0.05) is 24.3 Å². The first-order chi connectivity index (χ1) is 11.1. The summed E-state index contributed by atoms with van der Waals surface area (Å²) >= 11 is 0. The van der Waals surface area contributed by atoms with E-state index >= 15 is 0 Å². The first kappa shape index (κ1) is 15.7. The van der Waals surface area contributed by atoms with Gasteiger partial charge in [0.05, 0.1) is 6.20 Å². The van der Waals surface area contributed by atoms with Crippen molar-refractivity contribution in [2.45, 2.75) is 25.3 Å². The molecule has 122 valence electrons. The van der Waals surface area contributed by atoms with E-state index in [1.165, 1.54) is 11.1 Å². The topological polar surface area (TPSA) is 50.2 Å². The van der Waals surface area contributed by atoms with Gasteiger partial charge in [-0.3, -0.25) is 9.48 Å². The summed E-state index contributed by atoms with van der Waals surface area (Å²) in [7, 11) is 3.69. The lowest BCUT2D eigenvalue weighted by Gasteiger charge is -2.23. The molecule has 3 rings (SSSR count). The van der Waals surface area contributed by atoms with Crippen LogP contribution in [0.5, 0.6) is 0 Å². The van der Waals surface area contributed by atoms with Crippen molar-refractivity contribution >= 4 is 5.91 Å². The van der Waals surface area contributed by atoms with Gasteiger partial charge in [0.25, 0.3) is 0 Å². The van der Waals surface area contributed by atoms with Gasteiger partial charge >= 0.3 is 0 Å². The van der Waals surface area contributed by atoms with E-state index in [0.717, 1.165) is 25.1 Å². The van der Waals surface area contributed by atoms with Crippen LogP contribution >= 0.6 is 0 Å². The van der Waals surface area contributed by atoms with E-state index in [1.54, 1.807) is 10.9 Å². The molecular weight excluding hydrogens is 288 g/mol. The number of hydrogen-bond acceptors (Lipinski definition) is 3. The normalized spacial score (nSPS) is 19.1. The highest BCUT2D eigenvalue weighted by Crippen LogP contribution is 2.30. The fourth-order valence-corrected chi connectivity index (χ4v) is 3.46. The summed E-state index contributed by atoms with van der Waals surface area (Å²) in [4.78, 5) is 14.9. The average molecular weight is 312 g/mol. The van der Waals surface area contributed by atoms with Gasteiger partial charge in [-0.05, 0) is 31.5 Å². The van der Waals surface area contributed by atoms with Crippen LogP contribution in [0.1, 0.15) is 35.1 Å². The van der Waals surface area contributed by atoms with Gasteiger partial charge in [-0.15, -0.1) is 0 Å². The summed E-state index contributed by atoms with van der Waals surface area (Å²) in [6.45, 7) is 3.75. The van der Waals surface area contributed by atoms with Crippen LogP contribution in [0.3, 0.4) is 0 Å². The summed E-state index contributed by atoms with van der Waals surface area (Å²) in [5, 5.41) is 7.30. The summed E-state index contributed by atoms with van der Waals surface area (Å²) in [6, 6.07) is 8.16. The molecule has 1 amide bonds. The number of benzene rings is 1. The highest BCUT2D eigenvalue weighted by molar-refractivity contribution is 5.83. The van der Waals surface area contributed by atoms with Gasteiger partial charge in [0.15, 0.2) is 0 Å². The van der Waals surface area contributed by atoms with Crippen LogP contribution in [0.4, 0.5) is 0 Å². The van der Waals surface area contributed by atoms with Crippen molar-refractivity contribution in [3.05, 3.63) is 53.3 Å². The fourth-order valence-electron chi connectivity index (χ4n) is 3.46. The molecule has 2 unspecified atom stereocenters. The molecule has 23 heavy (non-hydrogen) atoms. The smallest absolute Gasteiger partial charge is 0.244 e. The SMILES string of the molecule is CNC(C(=O)N1CCC(c2ccccc2C)C1)c1cnn(C)c1. The summed E-state index contributed by atoms with van der Waals surface area (Å²) in [5.41, 5.74) is 3.59. The Labute approximate surface area is 137 Å². The number of rotatable bonds is 4. The summed E-state index contributed by atoms with van der Waals surface area (Å²) in [5.74, 6) is 0.572. The first-order valence-electron chi connectivity index (χ1n) is 8.10. The predicted molar refractivity (Wildman–Crippen MR) is 90.1 cm³/mol. The molecule has 2 atom stereocenters. The van der Waals surface area contributed by atoms with Crippen LogP contribution in [-0.4, -0.2) is 40.7 Å². The third-order valence-corrected chi connectivity index (χ3v) is 4.72. The zero-order valence-electron chi connectivity index (χ0n) is 14.0. The monoisotopic (exact) mass is 312 g/mol. The largest absolute Gasteiger partial charge is 0.340 e. The molecule has 0 bridgehead atoms. The highest BCUT2D eigenvalue weighted by Gasteiger charge is 2.32. The van der Waals surface area contributed by atoms with E-state index in [9.17, 15) is 4.79 Å². The third-order valence-electron chi connectivity index (χ3n) is 4.72. The lowest BCUT2D eigenvalue weighted by atomic mass is 9.94. The Morgan fingerprint density at radius 1 is 1.39 bits per heavy atom. The Morgan fingerprint density at radius 2 is 2.17 bits per heavy atom. The standard InChI is InChI=1S/C18H24N4O/c1-13-6-4-5-7-16(13)14-8-9-22(12-14)18(23)17(19-2)15-10-20-21(3)11-15/h4-7,10-11,14,17,19H,8-9,12H2,1-3H3. The van der Waals surface area contributed by atoms with Crippen LogP contribution < -0.4 is 5.32 Å². The molecule has 2 aromatic rings. The van der Waals surface area contributed by atoms with Crippen molar-refractivity contribution in [1.29, 1.82) is 0 Å². The van der Waals surface area contributed by atoms with Crippen molar-refractivity contribution < 1.29 is 4.79 Å². The third kappa shape index (κ3) is 3.15. The Hall–Kier alpha value is -2.14. The van der Waals surface area contributed by atoms with Crippen LogP contribution in [0.15, 0.2) is 36.7 Å². The second kappa shape index (κ2) is 6.54. The molecule has 1 fully saturated rings. The molecule has 1 aliphatic heterocycles. The number of aromatic nitrogens is 2. The number of aryl methyl sites for hydroxylation is 2. The van der Waals surface area contributed by atoms with Gasteiger partial charge in [0, 0.05) is 37.8 Å². The van der Waals surface area contributed by atoms with E-state index in [1.807, 2.05) is 25.2 Å². The molecule has 0 spiro atoms. The predicted octanol–water partition coefficient (Wildman–Crippen LogP) is 2.01. The van der Waals surface area contributed by atoms with Gasteiger partial charge in [0.1, 0.15) is 6.04 Å². The number of carbonyl (C=O) groups is 1. The number of amides is 1. The summed E-state index contributed by atoms with van der Waals surface area (Å²) < 4.78 is 1.73. The molecule has 1 aliphatic rings. The molecule has 5 heteroatoms. The first-order valence-corrected chi connectivity index (χ1v) is 8.10. The quantitative estimate of drug-likeness (QED) is 0.939. The second-order valence-corrected chi connectivity index (χ2v) is 6.30. The van der Waals surface area contributed by atoms with Crippen LogP contribution in [0.2, 0.25) is 0 Å². The van der Waals surface area contributed by atoms with Gasteiger partial charge in [-0.25, -0.2) is 0 Å². The number of carbonyl (C=O) groups excluding carboxylic acids is 1. The Bertz CT molecular complexity index is 694. The molecule has 0 aliphatic carbocycles. The van der Waals surface area contributed by atoms with Crippen molar-refractivity contribution in [3.8, 4) is 0 Å². The molecule has 1 N–H and O–H groups in total. The van der Waals surface area contributed by atoms with Gasteiger partial charge < -0.3 is 10.2 Å². The van der Waals surface area contributed by atoms with Crippen LogP contribution in [0, 0.1) is 6.92 Å². The van der Waals surface area contributed by atoms with E-state index in [-0.39, 0.29) is 11.9 Å². The minimum Gasteiger partial charge on any atom is -0.340 e. The maximum Gasteiger partial charge on any atom is 0.244 e. The van der Waals surface area contributed by atoms with E-state index in [0.29, 0.717) is 5.92 Å². The Morgan fingerprint density at radius 3 is 2.83 bits per heavy atom. The molecular formula is C18H24N4O. The molecule has 2 heterocycles. The van der Waals surface area contributed by atoms with Gasteiger partial charge in [-0.2, -0.15) is 5.10 Å². The Kier molecular flexibility index (Phi) is 4.48. The number of hydrogen-bond donors (Lipinski definition) is 1. The van der Waals surface area contributed by atoms with E-state index in [2.05, 4.69) is 41.6 Å². The lowest BCUT2D eigenvalue weighted by Crippen LogP contribution is -2.38. The number of nitrogens with one attached hydrogen (secondary N) is 1. The van der Waals surface area contributed by atoms with Crippen LogP contribution in [-0.2, 0) is 11.8 Å². The van der Waals surface area contributed by atoms with Gasteiger partial charge in [0.2, 0.25) is 5.91 Å². The molecule has 1 aromatic carbocycles. The van der Waals surface area contributed by atoms with Crippen molar-refractivity contribution in [2.75, 3.05) is 20.1 Å².